The predicted octanol–water partition coefficient (Wildman–Crippen LogP) is 2.63. The van der Waals surface area contributed by atoms with Crippen LogP contribution >= 0.6 is 0 Å². The lowest BCUT2D eigenvalue weighted by Crippen LogP contribution is -2.54. The van der Waals surface area contributed by atoms with Crippen LogP contribution in [-0.4, -0.2) is 41.5 Å². The van der Waals surface area contributed by atoms with Crippen molar-refractivity contribution in [3.8, 4) is 0 Å². The topological polar surface area (TPSA) is 6.48 Å². The standard InChI is InChI=1S/C15H20F2N2/c1-11-8-18-6-2-3-14(18)10-19(11)9-12-7-13(16)4-5-15(12)17/h4-5,7,11,14H,2-3,6,8-10H2,1H3. The summed E-state index contributed by atoms with van der Waals surface area (Å²) in [6, 6.07) is 4.73. The molecule has 0 aromatic heterocycles. The summed E-state index contributed by atoms with van der Waals surface area (Å²) in [5.41, 5.74) is 0.471. The predicted molar refractivity (Wildman–Crippen MR) is 70.8 cm³/mol. The molecule has 0 radical (unpaired) electrons. The van der Waals surface area contributed by atoms with Gasteiger partial charge < -0.3 is 0 Å². The molecule has 19 heavy (non-hydrogen) atoms. The van der Waals surface area contributed by atoms with Gasteiger partial charge in [-0.1, -0.05) is 0 Å². The largest absolute Gasteiger partial charge is 0.298 e. The second kappa shape index (κ2) is 5.17. The van der Waals surface area contributed by atoms with Crippen LogP contribution in [0, 0.1) is 11.6 Å². The molecule has 2 fully saturated rings. The third-order valence-corrected chi connectivity index (χ3v) is 4.45. The van der Waals surface area contributed by atoms with Gasteiger partial charge in [-0.15, -0.1) is 0 Å². The Labute approximate surface area is 113 Å². The quantitative estimate of drug-likeness (QED) is 0.812. The number of rotatable bonds is 2. The van der Waals surface area contributed by atoms with Gasteiger partial charge in [-0.3, -0.25) is 9.80 Å². The Hall–Kier alpha value is -1.00. The van der Waals surface area contributed by atoms with E-state index in [-0.39, 0.29) is 11.6 Å². The highest BCUT2D eigenvalue weighted by Crippen LogP contribution is 2.26. The summed E-state index contributed by atoms with van der Waals surface area (Å²) in [6.07, 6.45) is 2.49. The van der Waals surface area contributed by atoms with E-state index in [9.17, 15) is 8.78 Å². The normalized spacial score (nSPS) is 28.6. The molecule has 2 aliphatic rings. The molecule has 2 aliphatic heterocycles. The smallest absolute Gasteiger partial charge is 0.127 e. The zero-order valence-corrected chi connectivity index (χ0v) is 11.3. The van der Waals surface area contributed by atoms with Gasteiger partial charge in [0.1, 0.15) is 11.6 Å². The minimum atomic E-state index is -0.358. The molecule has 0 spiro atoms. The minimum Gasteiger partial charge on any atom is -0.298 e. The molecule has 0 aliphatic carbocycles. The minimum absolute atomic E-state index is 0.303. The summed E-state index contributed by atoms with van der Waals surface area (Å²) in [4.78, 5) is 4.81. The fourth-order valence-corrected chi connectivity index (χ4v) is 3.35. The molecule has 1 aromatic carbocycles. The Balaban J connectivity index is 1.73. The summed E-state index contributed by atoms with van der Waals surface area (Å²) in [5.74, 6) is -0.661. The fourth-order valence-electron chi connectivity index (χ4n) is 3.35. The molecular formula is C15H20F2N2. The van der Waals surface area contributed by atoms with Gasteiger partial charge in [0, 0.05) is 37.3 Å². The van der Waals surface area contributed by atoms with Gasteiger partial charge in [-0.25, -0.2) is 8.78 Å². The average Bonchev–Trinajstić information content (AvgIpc) is 2.81. The lowest BCUT2D eigenvalue weighted by atomic mass is 10.1. The number of piperazine rings is 1. The van der Waals surface area contributed by atoms with E-state index in [1.807, 2.05) is 0 Å². The number of halogens is 2. The Morgan fingerprint density at radius 1 is 1.26 bits per heavy atom. The number of hydrogen-bond donors (Lipinski definition) is 0. The Kier molecular flexibility index (Phi) is 3.54. The molecule has 4 heteroatoms. The average molecular weight is 266 g/mol. The van der Waals surface area contributed by atoms with Crippen LogP contribution in [0.2, 0.25) is 0 Å². The van der Waals surface area contributed by atoms with E-state index in [2.05, 4.69) is 16.7 Å². The molecule has 2 nitrogen and oxygen atoms in total. The number of benzene rings is 1. The SMILES string of the molecule is CC1CN2CCCC2CN1Cc1cc(F)ccc1F. The van der Waals surface area contributed by atoms with Crippen LogP contribution in [0.5, 0.6) is 0 Å². The van der Waals surface area contributed by atoms with E-state index < -0.39 is 0 Å². The first-order valence-corrected chi connectivity index (χ1v) is 7.05. The van der Waals surface area contributed by atoms with Gasteiger partial charge in [0.15, 0.2) is 0 Å². The van der Waals surface area contributed by atoms with Crippen molar-refractivity contribution in [1.29, 1.82) is 0 Å². The Morgan fingerprint density at radius 3 is 2.95 bits per heavy atom. The molecular weight excluding hydrogens is 246 g/mol. The second-order valence-corrected chi connectivity index (χ2v) is 5.81. The van der Waals surface area contributed by atoms with Crippen molar-refractivity contribution in [1.82, 2.24) is 9.80 Å². The van der Waals surface area contributed by atoms with Crippen LogP contribution < -0.4 is 0 Å². The molecule has 2 saturated heterocycles. The maximum Gasteiger partial charge on any atom is 0.127 e. The number of hydrogen-bond acceptors (Lipinski definition) is 2. The monoisotopic (exact) mass is 266 g/mol. The van der Waals surface area contributed by atoms with Crippen molar-refractivity contribution in [2.24, 2.45) is 0 Å². The Morgan fingerprint density at radius 2 is 2.11 bits per heavy atom. The van der Waals surface area contributed by atoms with Crippen molar-refractivity contribution in [2.45, 2.75) is 38.4 Å². The first-order valence-electron chi connectivity index (χ1n) is 7.05. The molecule has 2 atom stereocenters. The molecule has 2 heterocycles. The van der Waals surface area contributed by atoms with Crippen molar-refractivity contribution in [2.75, 3.05) is 19.6 Å². The van der Waals surface area contributed by atoms with Gasteiger partial charge in [-0.05, 0) is 44.5 Å². The zero-order chi connectivity index (χ0) is 13.4. The van der Waals surface area contributed by atoms with E-state index in [0.717, 1.165) is 13.1 Å². The highest BCUT2D eigenvalue weighted by Gasteiger charge is 2.34. The van der Waals surface area contributed by atoms with E-state index >= 15 is 0 Å². The second-order valence-electron chi connectivity index (χ2n) is 5.81. The highest BCUT2D eigenvalue weighted by molar-refractivity contribution is 5.19. The zero-order valence-electron chi connectivity index (χ0n) is 11.3. The maximum atomic E-state index is 13.7. The number of fused-ring (bicyclic) bond motifs is 1. The van der Waals surface area contributed by atoms with Crippen LogP contribution in [0.3, 0.4) is 0 Å². The summed E-state index contributed by atoms with van der Waals surface area (Å²) in [7, 11) is 0. The van der Waals surface area contributed by atoms with E-state index in [0.29, 0.717) is 24.2 Å². The molecule has 104 valence electrons. The van der Waals surface area contributed by atoms with Gasteiger partial charge >= 0.3 is 0 Å². The maximum absolute atomic E-state index is 13.7. The van der Waals surface area contributed by atoms with Crippen LogP contribution in [0.25, 0.3) is 0 Å². The van der Waals surface area contributed by atoms with E-state index in [1.165, 1.54) is 37.6 Å². The van der Waals surface area contributed by atoms with Gasteiger partial charge in [-0.2, -0.15) is 0 Å². The number of nitrogens with zero attached hydrogens (tertiary/aromatic N) is 2. The third kappa shape index (κ3) is 2.65. The highest BCUT2D eigenvalue weighted by atomic mass is 19.1. The van der Waals surface area contributed by atoms with Crippen LogP contribution in [-0.2, 0) is 6.54 Å². The van der Waals surface area contributed by atoms with Crippen LogP contribution in [0.1, 0.15) is 25.3 Å². The molecule has 0 saturated carbocycles. The fraction of sp³-hybridized carbons (Fsp3) is 0.600. The third-order valence-electron chi connectivity index (χ3n) is 4.45. The lowest BCUT2D eigenvalue weighted by molar-refractivity contribution is 0.0532. The van der Waals surface area contributed by atoms with E-state index in [1.54, 1.807) is 0 Å². The van der Waals surface area contributed by atoms with Crippen molar-refractivity contribution in [3.63, 3.8) is 0 Å². The van der Waals surface area contributed by atoms with Gasteiger partial charge in [0.2, 0.25) is 0 Å². The van der Waals surface area contributed by atoms with Crippen molar-refractivity contribution < 1.29 is 8.78 Å². The van der Waals surface area contributed by atoms with Gasteiger partial charge in [0.05, 0.1) is 0 Å². The Bertz CT molecular complexity index is 463. The van der Waals surface area contributed by atoms with E-state index in [4.69, 9.17) is 0 Å². The molecule has 2 unspecified atom stereocenters. The lowest BCUT2D eigenvalue weighted by Gasteiger charge is -2.42. The molecule has 0 amide bonds. The molecule has 3 rings (SSSR count). The van der Waals surface area contributed by atoms with Crippen molar-refractivity contribution >= 4 is 0 Å². The summed E-state index contributed by atoms with van der Waals surface area (Å²) < 4.78 is 26.9. The molecule has 0 bridgehead atoms. The first-order chi connectivity index (χ1) is 9.13. The molecule has 0 N–H and O–H groups in total. The summed E-state index contributed by atoms with van der Waals surface area (Å²) in [6.45, 7) is 5.89. The summed E-state index contributed by atoms with van der Waals surface area (Å²) >= 11 is 0. The van der Waals surface area contributed by atoms with Crippen molar-refractivity contribution in [3.05, 3.63) is 35.4 Å². The van der Waals surface area contributed by atoms with Crippen LogP contribution in [0.4, 0.5) is 8.78 Å². The molecule has 1 aromatic rings. The first kappa shape index (κ1) is 13.0. The summed E-state index contributed by atoms with van der Waals surface area (Å²) in [5, 5.41) is 0. The van der Waals surface area contributed by atoms with Gasteiger partial charge in [0.25, 0.3) is 0 Å². The van der Waals surface area contributed by atoms with Crippen LogP contribution in [0.15, 0.2) is 18.2 Å².